The van der Waals surface area contributed by atoms with E-state index < -0.39 is 0 Å². The van der Waals surface area contributed by atoms with Gasteiger partial charge in [0.15, 0.2) is 11.0 Å². The van der Waals surface area contributed by atoms with E-state index in [0.717, 1.165) is 43.3 Å². The van der Waals surface area contributed by atoms with E-state index in [0.29, 0.717) is 17.1 Å². The van der Waals surface area contributed by atoms with Crippen molar-refractivity contribution in [3.8, 4) is 0 Å². The highest BCUT2D eigenvalue weighted by molar-refractivity contribution is 6.32. The number of nitrogens with zero attached hydrogens (tertiary/aromatic N) is 6. The lowest BCUT2D eigenvalue weighted by Gasteiger charge is -2.34. The molecule has 124 valence electrons. The summed E-state index contributed by atoms with van der Waals surface area (Å²) in [6, 6.07) is 0.358. The van der Waals surface area contributed by atoms with E-state index in [-0.39, 0.29) is 0 Å². The molecule has 1 aliphatic heterocycles. The van der Waals surface area contributed by atoms with Gasteiger partial charge in [0.05, 0.1) is 0 Å². The largest absolute Gasteiger partial charge is 0.383 e. The van der Waals surface area contributed by atoms with Crippen LogP contribution in [-0.2, 0) is 0 Å². The first-order valence-corrected chi connectivity index (χ1v) is 8.32. The Balaban J connectivity index is 1.87. The van der Waals surface area contributed by atoms with Crippen LogP contribution in [0.25, 0.3) is 0 Å². The molecule has 1 unspecified atom stereocenters. The lowest BCUT2D eigenvalue weighted by molar-refractivity contribution is 0.453. The quantitative estimate of drug-likeness (QED) is 0.866. The Morgan fingerprint density at radius 3 is 2.91 bits per heavy atom. The highest BCUT2D eigenvalue weighted by atomic mass is 35.5. The van der Waals surface area contributed by atoms with Crippen molar-refractivity contribution in [2.24, 2.45) is 0 Å². The third-order valence-corrected chi connectivity index (χ3v) is 4.56. The Morgan fingerprint density at radius 1 is 1.35 bits per heavy atom. The van der Waals surface area contributed by atoms with Crippen molar-refractivity contribution in [1.29, 1.82) is 0 Å². The average Bonchev–Trinajstić information content (AvgIpc) is 3.04. The van der Waals surface area contributed by atoms with E-state index in [1.165, 1.54) is 6.33 Å². The molecule has 1 N–H and O–H groups in total. The van der Waals surface area contributed by atoms with Gasteiger partial charge in [-0.05, 0) is 26.7 Å². The average molecular weight is 336 g/mol. The van der Waals surface area contributed by atoms with E-state index in [4.69, 9.17) is 11.6 Å². The van der Waals surface area contributed by atoms with E-state index >= 15 is 0 Å². The second-order valence-electron chi connectivity index (χ2n) is 6.09. The van der Waals surface area contributed by atoms with Gasteiger partial charge in [-0.1, -0.05) is 11.6 Å². The van der Waals surface area contributed by atoms with E-state index in [9.17, 15) is 0 Å². The molecule has 7 nitrogen and oxygen atoms in total. The van der Waals surface area contributed by atoms with Crippen LogP contribution in [0.5, 0.6) is 0 Å². The van der Waals surface area contributed by atoms with Crippen LogP contribution in [0.1, 0.15) is 44.5 Å². The predicted octanol–water partition coefficient (Wildman–Crippen LogP) is 2.73. The summed E-state index contributed by atoms with van der Waals surface area (Å²) in [5, 5.41) is 12.0. The standard InChI is InChI=1S/C15H22ClN7/c1-10(2)23-9-20-21-14(23)11-5-4-6-22(7-11)15-12(17-3)13(16)18-8-19-15/h8-11,17H,4-7H2,1-3H3. The number of hydrogen-bond acceptors (Lipinski definition) is 6. The molecule has 3 heterocycles. The van der Waals surface area contributed by atoms with Crippen molar-refractivity contribution < 1.29 is 0 Å². The fraction of sp³-hybridized carbons (Fsp3) is 0.600. The zero-order valence-corrected chi connectivity index (χ0v) is 14.5. The summed E-state index contributed by atoms with van der Waals surface area (Å²) in [4.78, 5) is 10.7. The van der Waals surface area contributed by atoms with Crippen molar-refractivity contribution in [3.63, 3.8) is 0 Å². The maximum Gasteiger partial charge on any atom is 0.157 e. The van der Waals surface area contributed by atoms with E-state index in [1.54, 1.807) is 0 Å². The van der Waals surface area contributed by atoms with E-state index in [2.05, 4.69) is 48.8 Å². The molecule has 1 atom stereocenters. The molecular weight excluding hydrogens is 314 g/mol. The highest BCUT2D eigenvalue weighted by Crippen LogP contribution is 2.34. The van der Waals surface area contributed by atoms with Gasteiger partial charge in [-0.3, -0.25) is 0 Å². The predicted molar refractivity (Wildman–Crippen MR) is 91.2 cm³/mol. The van der Waals surface area contributed by atoms with Crippen molar-refractivity contribution in [2.45, 2.75) is 38.6 Å². The Bertz CT molecular complexity index is 670. The first-order chi connectivity index (χ1) is 11.1. The van der Waals surface area contributed by atoms with Gasteiger partial charge in [0.2, 0.25) is 0 Å². The third-order valence-electron chi connectivity index (χ3n) is 4.27. The van der Waals surface area contributed by atoms with Gasteiger partial charge in [0.1, 0.15) is 24.2 Å². The molecule has 0 aromatic carbocycles. The van der Waals surface area contributed by atoms with Crippen LogP contribution in [0.4, 0.5) is 11.5 Å². The molecule has 3 rings (SSSR count). The minimum atomic E-state index is 0.340. The topological polar surface area (TPSA) is 71.8 Å². The van der Waals surface area contributed by atoms with Crippen molar-refractivity contribution >= 4 is 23.1 Å². The number of anilines is 2. The third kappa shape index (κ3) is 3.10. The van der Waals surface area contributed by atoms with Gasteiger partial charge >= 0.3 is 0 Å². The van der Waals surface area contributed by atoms with Crippen LogP contribution in [0, 0.1) is 0 Å². The summed E-state index contributed by atoms with van der Waals surface area (Å²) in [7, 11) is 1.84. The molecule has 0 radical (unpaired) electrons. The monoisotopic (exact) mass is 335 g/mol. The van der Waals surface area contributed by atoms with Crippen LogP contribution in [0.2, 0.25) is 5.15 Å². The Morgan fingerprint density at radius 2 is 2.17 bits per heavy atom. The van der Waals surface area contributed by atoms with Crippen LogP contribution >= 0.6 is 11.6 Å². The molecule has 0 saturated carbocycles. The summed E-state index contributed by atoms with van der Waals surface area (Å²) >= 11 is 6.18. The molecule has 2 aromatic rings. The molecule has 1 aliphatic rings. The Kier molecular flexibility index (Phi) is 4.66. The van der Waals surface area contributed by atoms with Gasteiger partial charge in [-0.25, -0.2) is 9.97 Å². The molecule has 8 heteroatoms. The first kappa shape index (κ1) is 16.0. The van der Waals surface area contributed by atoms with Gasteiger partial charge in [-0.15, -0.1) is 10.2 Å². The van der Waals surface area contributed by atoms with Gasteiger partial charge < -0.3 is 14.8 Å². The highest BCUT2D eigenvalue weighted by Gasteiger charge is 2.28. The molecule has 1 fully saturated rings. The molecule has 0 bridgehead atoms. The van der Waals surface area contributed by atoms with Gasteiger partial charge in [-0.2, -0.15) is 0 Å². The number of aromatic nitrogens is 5. The molecule has 2 aromatic heterocycles. The fourth-order valence-corrected chi connectivity index (χ4v) is 3.35. The number of piperidine rings is 1. The van der Waals surface area contributed by atoms with Gasteiger partial charge in [0, 0.05) is 32.1 Å². The molecule has 1 saturated heterocycles. The molecule has 0 aliphatic carbocycles. The van der Waals surface area contributed by atoms with Crippen molar-refractivity contribution in [2.75, 3.05) is 30.4 Å². The summed E-state index contributed by atoms with van der Waals surface area (Å²) in [5.41, 5.74) is 0.778. The maximum absolute atomic E-state index is 6.18. The summed E-state index contributed by atoms with van der Waals surface area (Å²) in [6.07, 6.45) is 5.52. The lowest BCUT2D eigenvalue weighted by atomic mass is 9.96. The summed E-state index contributed by atoms with van der Waals surface area (Å²) < 4.78 is 2.15. The van der Waals surface area contributed by atoms with Crippen LogP contribution in [0.3, 0.4) is 0 Å². The SMILES string of the molecule is CNc1c(Cl)ncnc1N1CCCC(c2nncn2C(C)C)C1. The summed E-state index contributed by atoms with van der Waals surface area (Å²) in [6.45, 7) is 6.11. The van der Waals surface area contributed by atoms with E-state index in [1.807, 2.05) is 13.4 Å². The minimum absolute atomic E-state index is 0.340. The van der Waals surface area contributed by atoms with Crippen molar-refractivity contribution in [1.82, 2.24) is 24.7 Å². The normalized spacial score (nSPS) is 18.5. The second kappa shape index (κ2) is 6.70. The maximum atomic E-state index is 6.18. The smallest absolute Gasteiger partial charge is 0.157 e. The first-order valence-electron chi connectivity index (χ1n) is 7.94. The Labute approximate surface area is 141 Å². The summed E-state index contributed by atoms with van der Waals surface area (Å²) in [5.74, 6) is 2.25. The molecule has 0 amide bonds. The Hall–Kier alpha value is -1.89. The number of nitrogens with one attached hydrogen (secondary N) is 1. The lowest BCUT2D eigenvalue weighted by Crippen LogP contribution is -2.36. The van der Waals surface area contributed by atoms with Crippen LogP contribution in [-0.4, -0.2) is 44.9 Å². The fourth-order valence-electron chi connectivity index (χ4n) is 3.13. The minimum Gasteiger partial charge on any atom is -0.383 e. The van der Waals surface area contributed by atoms with Gasteiger partial charge in [0.25, 0.3) is 0 Å². The molecule has 0 spiro atoms. The van der Waals surface area contributed by atoms with Crippen LogP contribution < -0.4 is 10.2 Å². The number of halogens is 1. The molecular formula is C15H22ClN7. The van der Waals surface area contributed by atoms with Crippen LogP contribution in [0.15, 0.2) is 12.7 Å². The zero-order chi connectivity index (χ0) is 16.4. The molecule has 23 heavy (non-hydrogen) atoms. The van der Waals surface area contributed by atoms with Crippen molar-refractivity contribution in [3.05, 3.63) is 23.6 Å². The number of rotatable bonds is 4. The second-order valence-corrected chi connectivity index (χ2v) is 6.45. The number of hydrogen-bond donors (Lipinski definition) is 1. The zero-order valence-electron chi connectivity index (χ0n) is 13.7.